The fraction of sp³-hybridized carbons (Fsp3) is 0. The minimum absolute atomic E-state index is 0.677. The average Bonchev–Trinajstić information content (AvgIpc) is 3.12. The molecule has 0 fully saturated rings. The number of halogens is 1. The summed E-state index contributed by atoms with van der Waals surface area (Å²) >= 11 is 4.00. The minimum atomic E-state index is 0.677. The molecule has 0 saturated carbocycles. The monoisotopic (exact) mass is 644 g/mol. The number of rotatable bonds is 8. The topological polar surface area (TPSA) is 18.5 Å². The van der Waals surface area contributed by atoms with Crippen molar-refractivity contribution in [2.24, 2.45) is 0 Å². The quantitative estimate of drug-likeness (QED) is 0.164. The number of hydrogen-bond donors (Lipinski definition) is 0. The van der Waals surface area contributed by atoms with Crippen LogP contribution in [-0.2, 0) is 0 Å². The van der Waals surface area contributed by atoms with Crippen LogP contribution < -0.4 is 9.47 Å². The van der Waals surface area contributed by atoms with Crippen LogP contribution in [0.3, 0.4) is 0 Å². The molecule has 2 nitrogen and oxygen atoms in total. The smallest absolute Gasteiger partial charge is 0.153 e. The van der Waals surface area contributed by atoms with Crippen molar-refractivity contribution >= 4 is 15.9 Å². The first-order chi connectivity index (χ1) is 22.3. The summed E-state index contributed by atoms with van der Waals surface area (Å²) in [5.41, 5.74) is 8.17. The van der Waals surface area contributed by atoms with Crippen LogP contribution in [0.4, 0.5) is 0 Å². The Hall–Kier alpha value is -5.38. The van der Waals surface area contributed by atoms with Crippen LogP contribution in [-0.4, -0.2) is 0 Å². The second-order valence-corrected chi connectivity index (χ2v) is 11.4. The molecule has 0 spiro atoms. The van der Waals surface area contributed by atoms with Gasteiger partial charge in [-0.15, -0.1) is 0 Å². The van der Waals surface area contributed by atoms with Gasteiger partial charge in [-0.3, -0.25) is 0 Å². The molecule has 0 aliphatic carbocycles. The molecule has 0 amide bonds. The Kier molecular flexibility index (Phi) is 8.26. The fourth-order valence-electron chi connectivity index (χ4n) is 5.52. The highest BCUT2D eigenvalue weighted by Gasteiger charge is 2.24. The van der Waals surface area contributed by atoms with Gasteiger partial charge in [-0.05, 0) is 56.4 Å². The lowest BCUT2D eigenvalue weighted by Gasteiger charge is -2.22. The number of hydrogen-bond acceptors (Lipinski definition) is 2. The summed E-state index contributed by atoms with van der Waals surface area (Å²) in [6.07, 6.45) is 0. The zero-order valence-corrected chi connectivity index (χ0v) is 26.0. The first-order valence-electron chi connectivity index (χ1n) is 14.9. The highest BCUT2D eigenvalue weighted by atomic mass is 79.9. The van der Waals surface area contributed by atoms with Gasteiger partial charge < -0.3 is 9.47 Å². The Morgan fingerprint density at radius 3 is 0.956 bits per heavy atom. The molecule has 216 valence electrons. The van der Waals surface area contributed by atoms with E-state index in [4.69, 9.17) is 9.47 Å². The van der Waals surface area contributed by atoms with Gasteiger partial charge in [-0.25, -0.2) is 0 Å². The van der Waals surface area contributed by atoms with Crippen LogP contribution in [0.25, 0.3) is 44.5 Å². The highest BCUT2D eigenvalue weighted by Crippen LogP contribution is 2.52. The third-order valence-corrected chi connectivity index (χ3v) is 8.43. The van der Waals surface area contributed by atoms with Crippen molar-refractivity contribution in [1.29, 1.82) is 0 Å². The van der Waals surface area contributed by atoms with Gasteiger partial charge in [0.15, 0.2) is 11.5 Å². The predicted octanol–water partition coefficient (Wildman–Crippen LogP) is 12.7. The van der Waals surface area contributed by atoms with Crippen LogP contribution in [0.5, 0.6) is 23.0 Å². The molecule has 45 heavy (non-hydrogen) atoms. The van der Waals surface area contributed by atoms with Crippen molar-refractivity contribution in [2.45, 2.75) is 0 Å². The molecule has 0 unspecified atom stereocenters. The third kappa shape index (κ3) is 6.04. The lowest BCUT2D eigenvalue weighted by molar-refractivity contribution is 0.459. The van der Waals surface area contributed by atoms with Gasteiger partial charge in [0.1, 0.15) is 16.0 Å². The molecule has 0 atom stereocenters. The van der Waals surface area contributed by atoms with Gasteiger partial charge in [0, 0.05) is 22.3 Å². The molecular formula is C42H29BrO2. The molecule has 0 aliphatic rings. The van der Waals surface area contributed by atoms with E-state index in [2.05, 4.69) is 82.7 Å². The van der Waals surface area contributed by atoms with E-state index in [1.165, 1.54) is 0 Å². The van der Waals surface area contributed by atoms with Gasteiger partial charge in [-0.2, -0.15) is 0 Å². The van der Waals surface area contributed by atoms with E-state index in [1.54, 1.807) is 0 Å². The van der Waals surface area contributed by atoms with Crippen LogP contribution in [0.1, 0.15) is 0 Å². The van der Waals surface area contributed by atoms with E-state index in [-0.39, 0.29) is 0 Å². The fourth-order valence-corrected chi connectivity index (χ4v) is 6.11. The first kappa shape index (κ1) is 28.4. The molecule has 0 aromatic heterocycles. The van der Waals surface area contributed by atoms with E-state index in [0.717, 1.165) is 60.5 Å². The summed E-state index contributed by atoms with van der Waals surface area (Å²) in [7, 11) is 0. The largest absolute Gasteiger partial charge is 0.455 e. The molecule has 7 aromatic carbocycles. The molecule has 0 N–H and O–H groups in total. The highest BCUT2D eigenvalue weighted by molar-refractivity contribution is 9.10. The number of para-hydroxylation sites is 2. The van der Waals surface area contributed by atoms with Gasteiger partial charge in [0.05, 0.1) is 0 Å². The Balaban J connectivity index is 1.45. The first-order valence-corrected chi connectivity index (χ1v) is 15.7. The molecule has 7 rings (SSSR count). The average molecular weight is 646 g/mol. The van der Waals surface area contributed by atoms with Gasteiger partial charge in [0.25, 0.3) is 0 Å². The summed E-state index contributed by atoms with van der Waals surface area (Å²) in [5.74, 6) is 2.86. The van der Waals surface area contributed by atoms with Crippen molar-refractivity contribution in [1.82, 2.24) is 0 Å². The van der Waals surface area contributed by atoms with Gasteiger partial charge in [0.2, 0.25) is 0 Å². The normalized spacial score (nSPS) is 10.8. The minimum Gasteiger partial charge on any atom is -0.455 e. The predicted molar refractivity (Wildman–Crippen MR) is 189 cm³/mol. The van der Waals surface area contributed by atoms with Crippen LogP contribution in [0.15, 0.2) is 180 Å². The summed E-state index contributed by atoms with van der Waals surface area (Å²) < 4.78 is 14.6. The number of benzene rings is 7. The van der Waals surface area contributed by atoms with Crippen LogP contribution in [0, 0.1) is 0 Å². The van der Waals surface area contributed by atoms with Crippen molar-refractivity contribution in [2.75, 3.05) is 0 Å². The van der Waals surface area contributed by atoms with E-state index in [9.17, 15) is 0 Å². The molecule has 0 aliphatic heterocycles. The maximum Gasteiger partial charge on any atom is 0.153 e. The Morgan fingerprint density at radius 2 is 0.600 bits per heavy atom. The van der Waals surface area contributed by atoms with Gasteiger partial charge >= 0.3 is 0 Å². The summed E-state index contributed by atoms with van der Waals surface area (Å²) in [5, 5.41) is 0. The number of ether oxygens (including phenoxy) is 2. The van der Waals surface area contributed by atoms with Crippen molar-refractivity contribution in [3.63, 3.8) is 0 Å². The Bertz CT molecular complexity index is 1890. The van der Waals surface area contributed by atoms with E-state index in [1.807, 2.05) is 109 Å². The second-order valence-electron chi connectivity index (χ2n) is 10.6. The standard InChI is InChI=1S/C42H29BrO2/c43-40-41(44-38-27-15-13-25-34(38)30-17-5-1-6-18-30)36(32-21-9-3-10-22-32)29-37(33-23-11-4-12-24-33)42(40)45-39-28-16-14-26-35(39)31-19-7-2-8-20-31/h1-29H. The third-order valence-electron chi connectivity index (χ3n) is 7.71. The zero-order chi connectivity index (χ0) is 30.4. The second kappa shape index (κ2) is 13.1. The van der Waals surface area contributed by atoms with E-state index in [0.29, 0.717) is 11.5 Å². The van der Waals surface area contributed by atoms with Crippen molar-refractivity contribution in [3.8, 4) is 67.5 Å². The van der Waals surface area contributed by atoms with Crippen molar-refractivity contribution < 1.29 is 9.47 Å². The Labute approximate surface area is 272 Å². The molecular weight excluding hydrogens is 616 g/mol. The zero-order valence-electron chi connectivity index (χ0n) is 24.4. The Morgan fingerprint density at radius 1 is 0.311 bits per heavy atom. The molecule has 7 aromatic rings. The van der Waals surface area contributed by atoms with Crippen LogP contribution >= 0.6 is 15.9 Å². The molecule has 0 radical (unpaired) electrons. The van der Waals surface area contributed by atoms with Crippen molar-refractivity contribution in [3.05, 3.63) is 180 Å². The summed E-state index contributed by atoms with van der Waals surface area (Å²) in [6, 6.07) is 59.8. The van der Waals surface area contributed by atoms with Crippen LogP contribution in [0.2, 0.25) is 0 Å². The van der Waals surface area contributed by atoms with Gasteiger partial charge in [-0.1, -0.05) is 158 Å². The maximum atomic E-state index is 6.94. The lowest BCUT2D eigenvalue weighted by Crippen LogP contribution is -1.98. The molecule has 0 bridgehead atoms. The maximum absolute atomic E-state index is 6.94. The van der Waals surface area contributed by atoms with E-state index >= 15 is 0 Å². The summed E-state index contributed by atoms with van der Waals surface area (Å²) in [6.45, 7) is 0. The van der Waals surface area contributed by atoms with E-state index < -0.39 is 0 Å². The molecule has 3 heteroatoms. The summed E-state index contributed by atoms with van der Waals surface area (Å²) in [4.78, 5) is 0. The lowest BCUT2D eigenvalue weighted by atomic mass is 9.96. The SMILES string of the molecule is Brc1c(Oc2ccccc2-c2ccccc2)c(-c2ccccc2)cc(-c2ccccc2)c1Oc1ccccc1-c1ccccc1. The molecule has 0 saturated heterocycles. The molecule has 0 heterocycles.